The van der Waals surface area contributed by atoms with E-state index in [0.29, 0.717) is 11.3 Å². The number of thioether (sulfide) groups is 1. The van der Waals surface area contributed by atoms with Crippen molar-refractivity contribution in [2.75, 3.05) is 18.9 Å². The van der Waals surface area contributed by atoms with Crippen molar-refractivity contribution in [3.05, 3.63) is 0 Å². The molecular formula is C20H32N2O2S. The van der Waals surface area contributed by atoms with Crippen molar-refractivity contribution in [3.63, 3.8) is 0 Å². The van der Waals surface area contributed by atoms with Crippen molar-refractivity contribution in [3.8, 4) is 6.07 Å². The molecule has 1 atom stereocenters. The molecule has 0 radical (unpaired) electrons. The molecule has 3 fully saturated rings. The molecular weight excluding hydrogens is 332 g/mol. The zero-order chi connectivity index (χ0) is 17.5. The van der Waals surface area contributed by atoms with Crippen molar-refractivity contribution in [2.45, 2.75) is 88.0 Å². The molecule has 0 aromatic carbocycles. The first-order chi connectivity index (χ1) is 12.3. The third-order valence-corrected chi connectivity index (χ3v) is 7.44. The van der Waals surface area contributed by atoms with Crippen LogP contribution in [0.1, 0.15) is 70.6 Å². The third-order valence-electron chi connectivity index (χ3n) is 6.06. The standard InChI is InChI=1S/C20H32N2O2S/c21-13-16-8-10-18(11-9-16)24-15-20(23)22(14-19-7-4-12-25-19)17-5-2-1-3-6-17/h16-19H,1-12,14-15H2. The fourth-order valence-electron chi connectivity index (χ4n) is 4.49. The Morgan fingerprint density at radius 2 is 1.80 bits per heavy atom. The molecule has 0 bridgehead atoms. The second-order valence-corrected chi connectivity index (χ2v) is 9.29. The van der Waals surface area contributed by atoms with Crippen LogP contribution < -0.4 is 0 Å². The van der Waals surface area contributed by atoms with E-state index in [4.69, 9.17) is 10.00 Å². The van der Waals surface area contributed by atoms with Gasteiger partial charge in [0.25, 0.3) is 0 Å². The van der Waals surface area contributed by atoms with Gasteiger partial charge in [-0.3, -0.25) is 4.79 Å². The fraction of sp³-hybridized carbons (Fsp3) is 0.900. The van der Waals surface area contributed by atoms with Crippen LogP contribution >= 0.6 is 11.8 Å². The topological polar surface area (TPSA) is 53.3 Å². The lowest BCUT2D eigenvalue weighted by Gasteiger charge is -2.36. The van der Waals surface area contributed by atoms with E-state index in [1.165, 1.54) is 37.9 Å². The van der Waals surface area contributed by atoms with E-state index in [-0.39, 0.29) is 24.5 Å². The summed E-state index contributed by atoms with van der Waals surface area (Å²) in [6.45, 7) is 1.15. The summed E-state index contributed by atoms with van der Waals surface area (Å²) in [7, 11) is 0. The molecule has 3 rings (SSSR count). The first-order valence-corrected chi connectivity index (χ1v) is 11.2. The predicted octanol–water partition coefficient (Wildman–Crippen LogP) is 4.14. The first-order valence-electron chi connectivity index (χ1n) is 10.2. The van der Waals surface area contributed by atoms with Crippen LogP contribution in [0.15, 0.2) is 0 Å². The van der Waals surface area contributed by atoms with Crippen molar-refractivity contribution in [1.29, 1.82) is 5.26 Å². The molecule has 0 N–H and O–H groups in total. The molecule has 2 aliphatic carbocycles. The number of hydrogen-bond acceptors (Lipinski definition) is 4. The van der Waals surface area contributed by atoms with Gasteiger partial charge in [-0.25, -0.2) is 0 Å². The lowest BCUT2D eigenvalue weighted by atomic mass is 9.88. The van der Waals surface area contributed by atoms with Gasteiger partial charge in [0.05, 0.1) is 12.2 Å². The van der Waals surface area contributed by atoms with Crippen molar-refractivity contribution in [1.82, 2.24) is 4.90 Å². The van der Waals surface area contributed by atoms with E-state index in [1.54, 1.807) is 0 Å². The van der Waals surface area contributed by atoms with Crippen LogP contribution in [-0.2, 0) is 9.53 Å². The van der Waals surface area contributed by atoms with Gasteiger partial charge in [-0.15, -0.1) is 0 Å². The van der Waals surface area contributed by atoms with Gasteiger partial charge < -0.3 is 9.64 Å². The van der Waals surface area contributed by atoms with Gasteiger partial charge in [-0.05, 0) is 57.1 Å². The van der Waals surface area contributed by atoms with E-state index in [2.05, 4.69) is 11.0 Å². The average Bonchev–Trinajstić information content (AvgIpc) is 3.18. The Bertz CT molecular complexity index is 459. The molecule has 3 aliphatic rings. The second-order valence-electron chi connectivity index (χ2n) is 7.89. The number of carbonyl (C=O) groups excluding carboxylic acids is 1. The molecule has 1 heterocycles. The number of amides is 1. The lowest BCUT2D eigenvalue weighted by molar-refractivity contribution is -0.142. The van der Waals surface area contributed by atoms with Gasteiger partial charge in [-0.1, -0.05) is 19.3 Å². The minimum atomic E-state index is 0.169. The molecule has 25 heavy (non-hydrogen) atoms. The summed E-state index contributed by atoms with van der Waals surface area (Å²) in [6, 6.07) is 2.79. The number of ether oxygens (including phenoxy) is 1. The van der Waals surface area contributed by atoms with Crippen LogP contribution in [0.2, 0.25) is 0 Å². The zero-order valence-electron chi connectivity index (χ0n) is 15.3. The normalized spacial score (nSPS) is 30.8. The molecule has 1 amide bonds. The summed E-state index contributed by atoms with van der Waals surface area (Å²) in [4.78, 5) is 15.1. The Hall–Kier alpha value is -0.730. The maximum atomic E-state index is 12.9. The van der Waals surface area contributed by atoms with Gasteiger partial charge >= 0.3 is 0 Å². The number of hydrogen-bond donors (Lipinski definition) is 0. The lowest BCUT2D eigenvalue weighted by Crippen LogP contribution is -2.46. The molecule has 1 unspecified atom stereocenters. The summed E-state index contributed by atoms with van der Waals surface area (Å²) < 4.78 is 5.97. The van der Waals surface area contributed by atoms with Gasteiger partial charge in [0.2, 0.25) is 5.91 Å². The van der Waals surface area contributed by atoms with Crippen molar-refractivity contribution < 1.29 is 9.53 Å². The average molecular weight is 365 g/mol. The molecule has 0 spiro atoms. The second kappa shape index (κ2) is 9.83. The summed E-state index contributed by atoms with van der Waals surface area (Å²) >= 11 is 2.04. The van der Waals surface area contributed by atoms with E-state index < -0.39 is 0 Å². The smallest absolute Gasteiger partial charge is 0.248 e. The predicted molar refractivity (Wildman–Crippen MR) is 101 cm³/mol. The highest BCUT2D eigenvalue weighted by atomic mass is 32.2. The van der Waals surface area contributed by atoms with Crippen LogP contribution in [0.4, 0.5) is 0 Å². The Labute approximate surface area is 156 Å². The largest absolute Gasteiger partial charge is 0.368 e. The molecule has 4 nitrogen and oxygen atoms in total. The maximum absolute atomic E-state index is 12.9. The summed E-state index contributed by atoms with van der Waals surface area (Å²) in [5, 5.41) is 9.62. The Balaban J connectivity index is 1.50. The number of rotatable bonds is 6. The van der Waals surface area contributed by atoms with Crippen molar-refractivity contribution >= 4 is 17.7 Å². The number of nitrogens with zero attached hydrogens (tertiary/aromatic N) is 2. The Morgan fingerprint density at radius 1 is 1.04 bits per heavy atom. The van der Waals surface area contributed by atoms with Crippen LogP contribution in [-0.4, -0.2) is 47.1 Å². The van der Waals surface area contributed by atoms with Crippen LogP contribution in [0, 0.1) is 17.2 Å². The summed E-state index contributed by atoms with van der Waals surface area (Å²) in [6.07, 6.45) is 12.5. The maximum Gasteiger partial charge on any atom is 0.248 e. The minimum absolute atomic E-state index is 0.169. The minimum Gasteiger partial charge on any atom is -0.368 e. The van der Waals surface area contributed by atoms with Crippen LogP contribution in [0.25, 0.3) is 0 Å². The monoisotopic (exact) mass is 364 g/mol. The molecule has 5 heteroatoms. The molecule has 0 aromatic heterocycles. The van der Waals surface area contributed by atoms with E-state index in [9.17, 15) is 4.79 Å². The highest BCUT2D eigenvalue weighted by Crippen LogP contribution is 2.30. The van der Waals surface area contributed by atoms with Crippen molar-refractivity contribution in [2.24, 2.45) is 5.92 Å². The van der Waals surface area contributed by atoms with Gasteiger partial charge in [0, 0.05) is 23.8 Å². The molecule has 0 aromatic rings. The summed E-state index contributed by atoms with van der Waals surface area (Å²) in [5.41, 5.74) is 0. The Kier molecular flexibility index (Phi) is 7.49. The summed E-state index contributed by atoms with van der Waals surface area (Å²) in [5.74, 6) is 1.63. The fourth-order valence-corrected chi connectivity index (χ4v) is 5.75. The van der Waals surface area contributed by atoms with Gasteiger partial charge in [0.15, 0.2) is 0 Å². The molecule has 1 saturated heterocycles. The Morgan fingerprint density at radius 3 is 2.44 bits per heavy atom. The highest BCUT2D eigenvalue weighted by Gasteiger charge is 2.30. The molecule has 140 valence electrons. The van der Waals surface area contributed by atoms with E-state index in [1.807, 2.05) is 11.8 Å². The number of carbonyl (C=O) groups is 1. The SMILES string of the molecule is N#CC1CCC(OCC(=O)N(CC2CCCS2)C2CCCCC2)CC1. The molecule has 2 saturated carbocycles. The van der Waals surface area contributed by atoms with Gasteiger partial charge in [-0.2, -0.15) is 17.0 Å². The van der Waals surface area contributed by atoms with Crippen LogP contribution in [0.3, 0.4) is 0 Å². The van der Waals surface area contributed by atoms with Gasteiger partial charge in [0.1, 0.15) is 6.61 Å². The quantitative estimate of drug-likeness (QED) is 0.711. The van der Waals surface area contributed by atoms with E-state index >= 15 is 0 Å². The number of nitriles is 1. The third kappa shape index (κ3) is 5.62. The zero-order valence-corrected chi connectivity index (χ0v) is 16.1. The highest BCUT2D eigenvalue weighted by molar-refractivity contribution is 8.00. The van der Waals surface area contributed by atoms with E-state index in [0.717, 1.165) is 45.1 Å². The molecule has 1 aliphatic heterocycles. The first kappa shape index (κ1) is 19.0. The van der Waals surface area contributed by atoms with Crippen LogP contribution in [0.5, 0.6) is 0 Å².